The summed E-state index contributed by atoms with van der Waals surface area (Å²) in [6, 6.07) is 6.97. The van der Waals surface area contributed by atoms with Crippen molar-refractivity contribution in [2.45, 2.75) is 20.8 Å². The van der Waals surface area contributed by atoms with E-state index >= 15 is 0 Å². The van der Waals surface area contributed by atoms with Crippen molar-refractivity contribution in [2.24, 2.45) is 5.73 Å². The van der Waals surface area contributed by atoms with Crippen molar-refractivity contribution < 1.29 is 4.79 Å². The third-order valence-electron chi connectivity index (χ3n) is 3.23. The fourth-order valence-electron chi connectivity index (χ4n) is 2.25. The number of primary amides is 1. The molecule has 6 nitrogen and oxygen atoms in total. The van der Waals surface area contributed by atoms with Crippen LogP contribution >= 0.6 is 11.3 Å². The van der Waals surface area contributed by atoms with Crippen molar-refractivity contribution in [1.82, 2.24) is 9.97 Å². The molecule has 23 heavy (non-hydrogen) atoms. The highest BCUT2D eigenvalue weighted by Crippen LogP contribution is 2.36. The number of fused-ring (bicyclic) bond motifs is 1. The molecule has 5 N–H and O–H groups in total. The highest BCUT2D eigenvalue weighted by molar-refractivity contribution is 7.22. The fraction of sp³-hybridized carbons (Fsp3) is 0.188. The second kappa shape index (κ2) is 6.62. The Balaban J connectivity index is 0.000000924. The molecule has 0 bridgehead atoms. The molecule has 3 rings (SSSR count). The van der Waals surface area contributed by atoms with Gasteiger partial charge in [-0.1, -0.05) is 26.0 Å². The topological polar surface area (TPSA) is 115 Å². The largest absolute Gasteiger partial charge is 0.369 e. The zero-order valence-electron chi connectivity index (χ0n) is 13.1. The Morgan fingerprint density at radius 1 is 1.30 bits per heavy atom. The maximum Gasteiger partial charge on any atom is 0.261 e. The van der Waals surface area contributed by atoms with Gasteiger partial charge >= 0.3 is 0 Å². The SMILES string of the molecule is CC.Cc1c(-c2cccc(C(N)=O)c2)sc2nc(N)[nH]c(=O)c12. The fourth-order valence-corrected chi connectivity index (χ4v) is 3.43. The van der Waals surface area contributed by atoms with Crippen LogP contribution < -0.4 is 17.0 Å². The Morgan fingerprint density at radius 2 is 2.00 bits per heavy atom. The Labute approximate surface area is 137 Å². The zero-order valence-corrected chi connectivity index (χ0v) is 14.0. The van der Waals surface area contributed by atoms with Gasteiger partial charge in [-0.15, -0.1) is 11.3 Å². The van der Waals surface area contributed by atoms with Crippen LogP contribution in [0.2, 0.25) is 0 Å². The lowest BCUT2D eigenvalue weighted by Crippen LogP contribution is -2.10. The summed E-state index contributed by atoms with van der Waals surface area (Å²) in [5, 5.41) is 0.522. The lowest BCUT2D eigenvalue weighted by atomic mass is 10.1. The number of thiophene rings is 1. The van der Waals surface area contributed by atoms with E-state index < -0.39 is 5.91 Å². The average Bonchev–Trinajstić information content (AvgIpc) is 2.86. The quantitative estimate of drug-likeness (QED) is 0.670. The first kappa shape index (κ1) is 16.7. The van der Waals surface area contributed by atoms with Crippen molar-refractivity contribution >= 4 is 33.4 Å². The second-order valence-electron chi connectivity index (χ2n) is 4.63. The van der Waals surface area contributed by atoms with Gasteiger partial charge in [-0.05, 0) is 30.2 Å². The number of nitrogens with one attached hydrogen (secondary N) is 1. The molecule has 120 valence electrons. The Hall–Kier alpha value is -2.67. The van der Waals surface area contributed by atoms with Crippen molar-refractivity contribution in [2.75, 3.05) is 5.73 Å². The first-order valence-corrected chi connectivity index (χ1v) is 7.98. The van der Waals surface area contributed by atoms with Crippen LogP contribution in [0.5, 0.6) is 0 Å². The molecule has 0 saturated heterocycles. The van der Waals surface area contributed by atoms with Crippen molar-refractivity contribution in [3.8, 4) is 10.4 Å². The van der Waals surface area contributed by atoms with E-state index in [1.165, 1.54) is 11.3 Å². The van der Waals surface area contributed by atoms with Gasteiger partial charge in [-0.3, -0.25) is 14.6 Å². The van der Waals surface area contributed by atoms with Gasteiger partial charge in [0.05, 0.1) is 5.39 Å². The molecule has 2 aromatic heterocycles. The summed E-state index contributed by atoms with van der Waals surface area (Å²) in [4.78, 5) is 31.4. The number of aromatic nitrogens is 2. The van der Waals surface area contributed by atoms with E-state index in [-0.39, 0.29) is 11.5 Å². The van der Waals surface area contributed by atoms with Gasteiger partial charge < -0.3 is 11.5 Å². The smallest absolute Gasteiger partial charge is 0.261 e. The first-order valence-electron chi connectivity index (χ1n) is 7.16. The van der Waals surface area contributed by atoms with Crippen LogP contribution in [0.4, 0.5) is 5.95 Å². The standard InChI is InChI=1S/C14H12N4O2S.C2H6/c1-6-9-12(20)17-14(16)18-13(9)21-10(6)7-3-2-4-8(5-7)11(15)19;1-2/h2-5H,1H3,(H2,15,19)(H3,16,17,18,20);1-2H3. The van der Waals surface area contributed by atoms with E-state index in [0.717, 1.165) is 16.0 Å². The minimum atomic E-state index is -0.490. The summed E-state index contributed by atoms with van der Waals surface area (Å²) in [7, 11) is 0. The van der Waals surface area contributed by atoms with Crippen LogP contribution in [0.25, 0.3) is 20.7 Å². The average molecular weight is 330 g/mol. The predicted molar refractivity (Wildman–Crippen MR) is 94.7 cm³/mol. The van der Waals surface area contributed by atoms with Crippen molar-refractivity contribution in [3.63, 3.8) is 0 Å². The van der Waals surface area contributed by atoms with Gasteiger partial charge in [-0.25, -0.2) is 4.98 Å². The lowest BCUT2D eigenvalue weighted by molar-refractivity contribution is 0.100. The van der Waals surface area contributed by atoms with Crippen LogP contribution in [-0.4, -0.2) is 15.9 Å². The predicted octanol–water partition coefficient (Wildman–Crippen LogP) is 2.67. The maximum atomic E-state index is 12.0. The van der Waals surface area contributed by atoms with Crippen LogP contribution in [0.1, 0.15) is 29.8 Å². The Bertz CT molecular complexity index is 927. The molecule has 0 aliphatic carbocycles. The number of nitrogens with two attached hydrogens (primary N) is 2. The van der Waals surface area contributed by atoms with E-state index in [1.807, 2.05) is 26.8 Å². The first-order chi connectivity index (χ1) is 11.0. The number of nitrogens with zero attached hydrogens (tertiary/aromatic N) is 1. The summed E-state index contributed by atoms with van der Waals surface area (Å²) in [6.07, 6.45) is 0. The Morgan fingerprint density at radius 3 is 2.65 bits per heavy atom. The number of H-pyrrole nitrogens is 1. The van der Waals surface area contributed by atoms with Crippen molar-refractivity contribution in [1.29, 1.82) is 0 Å². The Kier molecular flexibility index (Phi) is 4.80. The zero-order chi connectivity index (χ0) is 17.1. The number of carbonyl (C=O) groups excluding carboxylic acids is 1. The minimum Gasteiger partial charge on any atom is -0.369 e. The van der Waals surface area contributed by atoms with E-state index in [0.29, 0.717) is 15.8 Å². The maximum absolute atomic E-state index is 12.0. The van der Waals surface area contributed by atoms with Gasteiger partial charge in [0.1, 0.15) is 4.83 Å². The monoisotopic (exact) mass is 330 g/mol. The summed E-state index contributed by atoms with van der Waals surface area (Å²) < 4.78 is 0. The molecule has 0 aliphatic heterocycles. The molecule has 3 aromatic rings. The van der Waals surface area contributed by atoms with Gasteiger partial charge in [0.15, 0.2) is 0 Å². The summed E-state index contributed by atoms with van der Waals surface area (Å²) in [6.45, 7) is 5.85. The van der Waals surface area contributed by atoms with Gasteiger partial charge in [0.25, 0.3) is 5.56 Å². The number of anilines is 1. The minimum absolute atomic E-state index is 0.0891. The summed E-state index contributed by atoms with van der Waals surface area (Å²) >= 11 is 1.36. The number of benzene rings is 1. The number of hydrogen-bond acceptors (Lipinski definition) is 5. The van der Waals surface area contributed by atoms with Crippen molar-refractivity contribution in [3.05, 3.63) is 45.7 Å². The van der Waals surface area contributed by atoms with Crippen LogP contribution in [0, 0.1) is 6.92 Å². The lowest BCUT2D eigenvalue weighted by Gasteiger charge is -2.02. The summed E-state index contributed by atoms with van der Waals surface area (Å²) in [5.74, 6) is -0.401. The molecule has 0 saturated carbocycles. The molecule has 0 radical (unpaired) electrons. The highest BCUT2D eigenvalue weighted by Gasteiger charge is 2.15. The van der Waals surface area contributed by atoms with Crippen LogP contribution in [0.15, 0.2) is 29.1 Å². The van der Waals surface area contributed by atoms with E-state index in [4.69, 9.17) is 11.5 Å². The summed E-state index contributed by atoms with van der Waals surface area (Å²) in [5.41, 5.74) is 12.7. The molecule has 0 fully saturated rings. The van der Waals surface area contributed by atoms with Crippen LogP contribution in [0.3, 0.4) is 0 Å². The number of carbonyl (C=O) groups is 1. The molecule has 0 unspecified atom stereocenters. The molecular formula is C16H18N4O2S. The molecule has 0 aliphatic rings. The van der Waals surface area contributed by atoms with Crippen LogP contribution in [-0.2, 0) is 0 Å². The third kappa shape index (κ3) is 3.09. The van der Waals surface area contributed by atoms with E-state index in [9.17, 15) is 9.59 Å². The van der Waals surface area contributed by atoms with Gasteiger partial charge in [-0.2, -0.15) is 0 Å². The number of rotatable bonds is 2. The second-order valence-corrected chi connectivity index (χ2v) is 5.63. The molecule has 1 amide bonds. The molecular weight excluding hydrogens is 312 g/mol. The number of aromatic amines is 1. The normalized spacial score (nSPS) is 10.2. The number of hydrogen-bond donors (Lipinski definition) is 3. The number of aryl methyl sites for hydroxylation is 1. The molecule has 7 heteroatoms. The van der Waals surface area contributed by atoms with E-state index in [1.54, 1.807) is 18.2 Å². The van der Waals surface area contributed by atoms with E-state index in [2.05, 4.69) is 9.97 Å². The van der Waals surface area contributed by atoms with Gasteiger partial charge in [0.2, 0.25) is 11.9 Å². The third-order valence-corrected chi connectivity index (χ3v) is 4.46. The molecule has 2 heterocycles. The number of amides is 1. The molecule has 0 spiro atoms. The highest BCUT2D eigenvalue weighted by atomic mass is 32.1. The molecule has 0 atom stereocenters. The molecule has 1 aromatic carbocycles. The number of nitrogen functional groups attached to an aromatic ring is 1. The van der Waals surface area contributed by atoms with Gasteiger partial charge in [0, 0.05) is 10.4 Å².